The molecule has 1 aliphatic carbocycles. The normalized spacial score (nSPS) is 18.8. The second-order valence-corrected chi connectivity index (χ2v) is 8.32. The number of nitrogens with one attached hydrogen (secondary N) is 1. The molecule has 160 valence electrons. The first-order chi connectivity index (χ1) is 14.6. The molecule has 2 amide bonds. The summed E-state index contributed by atoms with van der Waals surface area (Å²) < 4.78 is 7.32. The number of halogens is 1. The van der Waals surface area contributed by atoms with Crippen LogP contribution in [0.2, 0.25) is 5.02 Å². The van der Waals surface area contributed by atoms with Crippen molar-refractivity contribution in [1.29, 1.82) is 0 Å². The maximum Gasteiger partial charge on any atom is 0.273 e. The highest BCUT2D eigenvalue weighted by Gasteiger charge is 2.27. The summed E-state index contributed by atoms with van der Waals surface area (Å²) in [7, 11) is 0. The lowest BCUT2D eigenvalue weighted by Gasteiger charge is -2.35. The van der Waals surface area contributed by atoms with Gasteiger partial charge in [0.05, 0.1) is 6.20 Å². The van der Waals surface area contributed by atoms with Crippen LogP contribution in [0.3, 0.4) is 0 Å². The minimum absolute atomic E-state index is 0.00689. The second kappa shape index (κ2) is 9.47. The minimum Gasteiger partial charge on any atom is -0.484 e. The Bertz CT molecular complexity index is 881. The number of aryl methyl sites for hydroxylation is 1. The van der Waals surface area contributed by atoms with Gasteiger partial charge in [-0.15, -0.1) is 5.10 Å². The van der Waals surface area contributed by atoms with E-state index in [9.17, 15) is 9.59 Å². The molecule has 0 radical (unpaired) electrons. The van der Waals surface area contributed by atoms with Crippen molar-refractivity contribution in [3.63, 3.8) is 0 Å². The van der Waals surface area contributed by atoms with Crippen molar-refractivity contribution in [2.24, 2.45) is 0 Å². The van der Waals surface area contributed by atoms with Gasteiger partial charge in [0.25, 0.3) is 11.8 Å². The Labute approximate surface area is 180 Å². The molecule has 2 fully saturated rings. The van der Waals surface area contributed by atoms with E-state index in [2.05, 4.69) is 15.6 Å². The van der Waals surface area contributed by atoms with E-state index in [-0.39, 0.29) is 24.5 Å². The van der Waals surface area contributed by atoms with Crippen LogP contribution in [0.25, 0.3) is 0 Å². The lowest BCUT2D eigenvalue weighted by Crippen LogP contribution is -2.46. The van der Waals surface area contributed by atoms with Crippen LogP contribution in [0.5, 0.6) is 5.75 Å². The standard InChI is InChI=1S/C21H26ClN5O3/c22-15-4-8-18(9-5-15)30-14-20(28)27-11-2-1-3-17(27)10-12-26-13-19(24-25-26)21(29)23-16-6-7-16/h4-5,8-9,13,16-17H,1-3,6-7,10-12,14H2,(H,23,29)/t17-/m0/s1. The van der Waals surface area contributed by atoms with Gasteiger partial charge in [-0.2, -0.15) is 0 Å². The van der Waals surface area contributed by atoms with Crippen LogP contribution in [0.1, 0.15) is 49.0 Å². The molecular formula is C21H26ClN5O3. The van der Waals surface area contributed by atoms with Gasteiger partial charge < -0.3 is 15.0 Å². The highest BCUT2D eigenvalue weighted by molar-refractivity contribution is 6.30. The molecule has 1 atom stereocenters. The predicted molar refractivity (Wildman–Crippen MR) is 111 cm³/mol. The number of benzene rings is 1. The van der Waals surface area contributed by atoms with Gasteiger partial charge in [-0.1, -0.05) is 16.8 Å². The number of amides is 2. The predicted octanol–water partition coefficient (Wildman–Crippen LogP) is 2.67. The van der Waals surface area contributed by atoms with Crippen molar-refractivity contribution in [2.45, 2.75) is 57.2 Å². The molecule has 2 aliphatic rings. The Balaban J connectivity index is 1.28. The van der Waals surface area contributed by atoms with Crippen molar-refractivity contribution in [3.05, 3.63) is 41.2 Å². The minimum atomic E-state index is -0.169. The number of hydrogen-bond acceptors (Lipinski definition) is 5. The zero-order valence-electron chi connectivity index (χ0n) is 16.8. The maximum absolute atomic E-state index is 12.7. The molecule has 4 rings (SSSR count). The zero-order chi connectivity index (χ0) is 20.9. The quantitative estimate of drug-likeness (QED) is 0.694. The Morgan fingerprint density at radius 2 is 1.97 bits per heavy atom. The number of likely N-dealkylation sites (tertiary alicyclic amines) is 1. The third-order valence-electron chi connectivity index (χ3n) is 5.50. The van der Waals surface area contributed by atoms with Gasteiger partial charge in [0.15, 0.2) is 12.3 Å². The molecule has 1 saturated carbocycles. The van der Waals surface area contributed by atoms with E-state index in [1.165, 1.54) is 0 Å². The third-order valence-corrected chi connectivity index (χ3v) is 5.75. The van der Waals surface area contributed by atoms with Crippen LogP contribution < -0.4 is 10.1 Å². The summed E-state index contributed by atoms with van der Waals surface area (Å²) in [6, 6.07) is 7.41. The van der Waals surface area contributed by atoms with Crippen LogP contribution in [0.4, 0.5) is 0 Å². The van der Waals surface area contributed by atoms with Gasteiger partial charge in [-0.3, -0.25) is 14.3 Å². The third kappa shape index (κ3) is 5.50. The van der Waals surface area contributed by atoms with Gasteiger partial charge in [0.2, 0.25) is 0 Å². The van der Waals surface area contributed by atoms with Gasteiger partial charge in [-0.25, -0.2) is 0 Å². The first kappa shape index (κ1) is 20.7. The molecule has 0 bridgehead atoms. The summed E-state index contributed by atoms with van der Waals surface area (Å²) in [5.74, 6) is 0.441. The van der Waals surface area contributed by atoms with E-state index >= 15 is 0 Å². The lowest BCUT2D eigenvalue weighted by atomic mass is 9.99. The van der Waals surface area contributed by atoms with Crippen LogP contribution in [-0.4, -0.2) is 56.9 Å². The summed E-state index contributed by atoms with van der Waals surface area (Å²) in [5.41, 5.74) is 0.342. The molecule has 8 nitrogen and oxygen atoms in total. The number of piperidine rings is 1. The van der Waals surface area contributed by atoms with Crippen molar-refractivity contribution in [1.82, 2.24) is 25.2 Å². The molecule has 1 aliphatic heterocycles. The highest BCUT2D eigenvalue weighted by Crippen LogP contribution is 2.22. The molecule has 1 aromatic carbocycles. The van der Waals surface area contributed by atoms with Crippen LogP contribution in [0.15, 0.2) is 30.5 Å². The fraction of sp³-hybridized carbons (Fsp3) is 0.524. The molecule has 1 saturated heterocycles. The van der Waals surface area contributed by atoms with Crippen LogP contribution in [-0.2, 0) is 11.3 Å². The van der Waals surface area contributed by atoms with E-state index in [0.717, 1.165) is 45.1 Å². The molecule has 30 heavy (non-hydrogen) atoms. The number of carbonyl (C=O) groups excluding carboxylic acids is 2. The highest BCUT2D eigenvalue weighted by atomic mass is 35.5. The summed E-state index contributed by atoms with van der Waals surface area (Å²) in [5, 5.41) is 11.6. The van der Waals surface area contributed by atoms with Crippen molar-refractivity contribution >= 4 is 23.4 Å². The Morgan fingerprint density at radius 1 is 1.17 bits per heavy atom. The molecule has 1 aromatic heterocycles. The fourth-order valence-electron chi connectivity index (χ4n) is 3.67. The van der Waals surface area contributed by atoms with Crippen LogP contribution in [0, 0.1) is 0 Å². The first-order valence-corrected chi connectivity index (χ1v) is 10.8. The summed E-state index contributed by atoms with van der Waals surface area (Å²) in [4.78, 5) is 26.7. The van der Waals surface area contributed by atoms with E-state index < -0.39 is 0 Å². The van der Waals surface area contributed by atoms with Crippen molar-refractivity contribution < 1.29 is 14.3 Å². The SMILES string of the molecule is O=C(NC1CC1)c1cn(CC[C@@H]2CCCCN2C(=O)COc2ccc(Cl)cc2)nn1. The second-order valence-electron chi connectivity index (χ2n) is 7.88. The summed E-state index contributed by atoms with van der Waals surface area (Å²) in [6.45, 7) is 1.35. The molecule has 2 heterocycles. The van der Waals surface area contributed by atoms with E-state index in [4.69, 9.17) is 16.3 Å². The zero-order valence-corrected chi connectivity index (χ0v) is 17.6. The average Bonchev–Trinajstić information content (AvgIpc) is 3.44. The summed E-state index contributed by atoms with van der Waals surface area (Å²) >= 11 is 5.88. The average molecular weight is 432 g/mol. The number of aromatic nitrogens is 3. The summed E-state index contributed by atoms with van der Waals surface area (Å²) in [6.07, 6.45) is 7.56. The smallest absolute Gasteiger partial charge is 0.273 e. The van der Waals surface area contributed by atoms with E-state index in [0.29, 0.717) is 29.1 Å². The monoisotopic (exact) mass is 431 g/mol. The van der Waals surface area contributed by atoms with Gasteiger partial charge in [-0.05, 0) is 62.8 Å². The lowest BCUT2D eigenvalue weighted by molar-refractivity contribution is -0.137. The number of carbonyl (C=O) groups is 2. The fourth-order valence-corrected chi connectivity index (χ4v) is 3.79. The molecule has 1 N–H and O–H groups in total. The number of nitrogens with zero attached hydrogens (tertiary/aromatic N) is 4. The van der Waals surface area contributed by atoms with Gasteiger partial charge in [0.1, 0.15) is 5.75 Å². The molecular weight excluding hydrogens is 406 g/mol. The van der Waals surface area contributed by atoms with E-state index in [1.807, 2.05) is 4.90 Å². The molecule has 2 aromatic rings. The van der Waals surface area contributed by atoms with Gasteiger partial charge in [0, 0.05) is 30.2 Å². The van der Waals surface area contributed by atoms with Crippen LogP contribution >= 0.6 is 11.6 Å². The number of ether oxygens (including phenoxy) is 1. The number of hydrogen-bond donors (Lipinski definition) is 1. The number of rotatable bonds is 8. The maximum atomic E-state index is 12.7. The topological polar surface area (TPSA) is 89.4 Å². The molecule has 0 unspecified atom stereocenters. The van der Waals surface area contributed by atoms with Crippen molar-refractivity contribution in [2.75, 3.05) is 13.2 Å². The van der Waals surface area contributed by atoms with Crippen molar-refractivity contribution in [3.8, 4) is 5.75 Å². The Kier molecular flexibility index (Phi) is 6.52. The Morgan fingerprint density at radius 3 is 2.73 bits per heavy atom. The first-order valence-electron chi connectivity index (χ1n) is 10.5. The van der Waals surface area contributed by atoms with E-state index in [1.54, 1.807) is 35.1 Å². The molecule has 9 heteroatoms. The molecule has 0 spiro atoms. The van der Waals surface area contributed by atoms with Gasteiger partial charge >= 0.3 is 0 Å². The largest absolute Gasteiger partial charge is 0.484 e. The Hall–Kier alpha value is -2.61.